The molecule has 0 atom stereocenters. The lowest BCUT2D eigenvalue weighted by Gasteiger charge is -2.11. The molecule has 2 rings (SSSR count). The van der Waals surface area contributed by atoms with E-state index in [1.165, 1.54) is 5.56 Å². The van der Waals surface area contributed by atoms with E-state index in [0.717, 1.165) is 11.3 Å². The molecule has 0 aliphatic carbocycles. The lowest BCUT2D eigenvalue weighted by molar-refractivity contribution is 0.476. The van der Waals surface area contributed by atoms with E-state index >= 15 is 0 Å². The van der Waals surface area contributed by atoms with Crippen molar-refractivity contribution in [2.45, 2.75) is 26.3 Å². The fourth-order valence-electron chi connectivity index (χ4n) is 1.84. The summed E-state index contributed by atoms with van der Waals surface area (Å²) >= 11 is 5.99. The zero-order valence-electron chi connectivity index (χ0n) is 11.2. The van der Waals surface area contributed by atoms with E-state index in [4.69, 9.17) is 22.1 Å². The number of halogens is 1. The van der Waals surface area contributed by atoms with Crippen molar-refractivity contribution in [3.8, 4) is 11.5 Å². The van der Waals surface area contributed by atoms with Crippen LogP contribution < -0.4 is 10.5 Å². The number of rotatable bonds is 4. The Morgan fingerprint density at radius 3 is 2.37 bits per heavy atom. The Morgan fingerprint density at radius 2 is 1.79 bits per heavy atom. The van der Waals surface area contributed by atoms with Crippen molar-refractivity contribution in [2.24, 2.45) is 5.73 Å². The largest absolute Gasteiger partial charge is 0.457 e. The van der Waals surface area contributed by atoms with Crippen LogP contribution in [0.3, 0.4) is 0 Å². The minimum atomic E-state index is 0.427. The van der Waals surface area contributed by atoms with Crippen LogP contribution in [0.15, 0.2) is 42.5 Å². The van der Waals surface area contributed by atoms with Gasteiger partial charge in [-0.25, -0.2) is 0 Å². The summed E-state index contributed by atoms with van der Waals surface area (Å²) in [7, 11) is 0. The van der Waals surface area contributed by atoms with Gasteiger partial charge in [0.2, 0.25) is 0 Å². The van der Waals surface area contributed by atoms with E-state index in [-0.39, 0.29) is 0 Å². The van der Waals surface area contributed by atoms with Gasteiger partial charge in [-0.2, -0.15) is 0 Å². The number of ether oxygens (including phenoxy) is 1. The molecule has 0 radical (unpaired) electrons. The molecule has 0 amide bonds. The molecule has 0 fully saturated rings. The molecule has 0 bridgehead atoms. The van der Waals surface area contributed by atoms with Gasteiger partial charge in [0.05, 0.1) is 0 Å². The standard InChI is InChI=1S/C16H18ClNO/c1-11(2)12-4-7-15(8-5-12)19-16-9-14(17)6-3-13(16)10-18/h3-9,11H,10,18H2,1-2H3. The number of benzene rings is 2. The first-order chi connectivity index (χ1) is 9.10. The second-order valence-electron chi connectivity index (χ2n) is 4.78. The third kappa shape index (κ3) is 3.49. The lowest BCUT2D eigenvalue weighted by Crippen LogP contribution is -1.99. The first-order valence-corrected chi connectivity index (χ1v) is 6.74. The van der Waals surface area contributed by atoms with Crippen LogP contribution in [0.25, 0.3) is 0 Å². The molecule has 0 heterocycles. The van der Waals surface area contributed by atoms with Crippen LogP contribution in [0.2, 0.25) is 5.02 Å². The molecule has 0 unspecified atom stereocenters. The summed E-state index contributed by atoms with van der Waals surface area (Å²) in [5, 5.41) is 0.644. The first kappa shape index (κ1) is 13.9. The molecule has 2 aromatic rings. The average molecular weight is 276 g/mol. The Balaban J connectivity index is 2.23. The normalized spacial score (nSPS) is 10.8. The number of hydrogen-bond donors (Lipinski definition) is 1. The summed E-state index contributed by atoms with van der Waals surface area (Å²) in [5.41, 5.74) is 7.93. The minimum Gasteiger partial charge on any atom is -0.457 e. The molecule has 2 nitrogen and oxygen atoms in total. The highest BCUT2D eigenvalue weighted by atomic mass is 35.5. The van der Waals surface area contributed by atoms with E-state index in [9.17, 15) is 0 Å². The van der Waals surface area contributed by atoms with Crippen molar-refractivity contribution in [1.29, 1.82) is 0 Å². The summed E-state index contributed by atoms with van der Waals surface area (Å²) in [6, 6.07) is 13.6. The van der Waals surface area contributed by atoms with Gasteiger partial charge in [-0.1, -0.05) is 43.6 Å². The van der Waals surface area contributed by atoms with Crippen molar-refractivity contribution in [1.82, 2.24) is 0 Å². The van der Waals surface area contributed by atoms with E-state index < -0.39 is 0 Å². The fourth-order valence-corrected chi connectivity index (χ4v) is 2.00. The van der Waals surface area contributed by atoms with Gasteiger partial charge in [-0.3, -0.25) is 0 Å². The Hall–Kier alpha value is -1.51. The average Bonchev–Trinajstić information content (AvgIpc) is 2.39. The SMILES string of the molecule is CC(C)c1ccc(Oc2cc(Cl)ccc2CN)cc1. The van der Waals surface area contributed by atoms with Gasteiger partial charge in [-0.15, -0.1) is 0 Å². The third-order valence-electron chi connectivity index (χ3n) is 3.02. The second-order valence-corrected chi connectivity index (χ2v) is 5.22. The van der Waals surface area contributed by atoms with Gasteiger partial charge >= 0.3 is 0 Å². The molecule has 0 aliphatic rings. The predicted molar refractivity (Wildman–Crippen MR) is 79.9 cm³/mol. The summed E-state index contributed by atoms with van der Waals surface area (Å²) < 4.78 is 5.85. The Morgan fingerprint density at radius 1 is 1.11 bits per heavy atom. The number of nitrogens with two attached hydrogens (primary N) is 1. The molecular formula is C16H18ClNO. The lowest BCUT2D eigenvalue weighted by atomic mass is 10.0. The van der Waals surface area contributed by atoms with Gasteiger partial charge in [-0.05, 0) is 35.7 Å². The van der Waals surface area contributed by atoms with Crippen molar-refractivity contribution >= 4 is 11.6 Å². The number of hydrogen-bond acceptors (Lipinski definition) is 2. The Bertz CT molecular complexity index is 549. The van der Waals surface area contributed by atoms with Gasteiger partial charge in [0.15, 0.2) is 0 Å². The van der Waals surface area contributed by atoms with Crippen molar-refractivity contribution < 1.29 is 4.74 Å². The van der Waals surface area contributed by atoms with E-state index in [2.05, 4.69) is 26.0 Å². The molecule has 0 saturated heterocycles. The highest BCUT2D eigenvalue weighted by Gasteiger charge is 2.05. The van der Waals surface area contributed by atoms with Gasteiger partial charge in [0.25, 0.3) is 0 Å². The summed E-state index contributed by atoms with van der Waals surface area (Å²) in [4.78, 5) is 0. The minimum absolute atomic E-state index is 0.427. The summed E-state index contributed by atoms with van der Waals surface area (Å²) in [6.45, 7) is 4.76. The van der Waals surface area contributed by atoms with Gasteiger partial charge in [0, 0.05) is 17.1 Å². The molecule has 2 N–H and O–H groups in total. The molecule has 100 valence electrons. The van der Waals surface area contributed by atoms with Crippen LogP contribution in [0.5, 0.6) is 11.5 Å². The van der Waals surface area contributed by atoms with Gasteiger partial charge < -0.3 is 10.5 Å². The molecular weight excluding hydrogens is 258 g/mol. The maximum absolute atomic E-state index is 5.99. The third-order valence-corrected chi connectivity index (χ3v) is 3.26. The zero-order valence-corrected chi connectivity index (χ0v) is 11.9. The van der Waals surface area contributed by atoms with Crippen LogP contribution in [-0.2, 0) is 6.54 Å². The molecule has 19 heavy (non-hydrogen) atoms. The summed E-state index contributed by atoms with van der Waals surface area (Å²) in [5.74, 6) is 2.02. The summed E-state index contributed by atoms with van der Waals surface area (Å²) in [6.07, 6.45) is 0. The Labute approximate surface area is 119 Å². The van der Waals surface area contributed by atoms with Crippen molar-refractivity contribution in [3.05, 3.63) is 58.6 Å². The quantitative estimate of drug-likeness (QED) is 0.877. The zero-order chi connectivity index (χ0) is 13.8. The smallest absolute Gasteiger partial charge is 0.133 e. The van der Waals surface area contributed by atoms with Crippen LogP contribution >= 0.6 is 11.6 Å². The highest BCUT2D eigenvalue weighted by molar-refractivity contribution is 6.30. The van der Waals surface area contributed by atoms with E-state index in [1.54, 1.807) is 6.07 Å². The van der Waals surface area contributed by atoms with Gasteiger partial charge in [0.1, 0.15) is 11.5 Å². The van der Waals surface area contributed by atoms with E-state index in [0.29, 0.717) is 23.2 Å². The molecule has 0 spiro atoms. The van der Waals surface area contributed by atoms with Crippen LogP contribution in [-0.4, -0.2) is 0 Å². The van der Waals surface area contributed by atoms with Crippen LogP contribution in [0.4, 0.5) is 0 Å². The highest BCUT2D eigenvalue weighted by Crippen LogP contribution is 2.29. The first-order valence-electron chi connectivity index (χ1n) is 6.36. The van der Waals surface area contributed by atoms with Crippen LogP contribution in [0.1, 0.15) is 30.9 Å². The molecule has 2 aromatic carbocycles. The Kier molecular flexibility index (Phi) is 4.46. The second kappa shape index (κ2) is 6.09. The molecule has 0 aliphatic heterocycles. The maximum Gasteiger partial charge on any atom is 0.133 e. The monoisotopic (exact) mass is 275 g/mol. The molecule has 0 aromatic heterocycles. The molecule has 3 heteroatoms. The fraction of sp³-hybridized carbons (Fsp3) is 0.250. The van der Waals surface area contributed by atoms with Crippen molar-refractivity contribution in [2.75, 3.05) is 0 Å². The predicted octanol–water partition coefficient (Wildman–Crippen LogP) is 4.71. The maximum atomic E-state index is 5.99. The molecule has 0 saturated carbocycles. The van der Waals surface area contributed by atoms with E-state index in [1.807, 2.05) is 24.3 Å². The topological polar surface area (TPSA) is 35.2 Å². The van der Waals surface area contributed by atoms with Crippen molar-refractivity contribution in [3.63, 3.8) is 0 Å². The van der Waals surface area contributed by atoms with Crippen LogP contribution in [0, 0.1) is 0 Å².